The number of amides is 1. The third-order valence-corrected chi connectivity index (χ3v) is 10.8. The van der Waals surface area contributed by atoms with E-state index in [1.165, 1.54) is 28.1 Å². The summed E-state index contributed by atoms with van der Waals surface area (Å²) < 4.78 is 35.0. The van der Waals surface area contributed by atoms with Crippen molar-refractivity contribution in [1.82, 2.24) is 8.87 Å². The number of hydrogen-bond donors (Lipinski definition) is 1. The zero-order chi connectivity index (χ0) is 33.1. The maximum atomic E-state index is 13.9. The number of carbonyl (C=O) groups is 1. The van der Waals surface area contributed by atoms with Crippen molar-refractivity contribution in [2.45, 2.75) is 50.3 Å². The van der Waals surface area contributed by atoms with Crippen molar-refractivity contribution in [1.29, 1.82) is 5.26 Å². The Kier molecular flexibility index (Phi) is 9.63. The Morgan fingerprint density at radius 2 is 1.67 bits per heavy atom. The minimum Gasteiger partial charge on any atom is -0.497 e. The number of piperidine rings is 1. The van der Waals surface area contributed by atoms with Gasteiger partial charge in [-0.1, -0.05) is 57.5 Å². The van der Waals surface area contributed by atoms with Crippen LogP contribution in [0.25, 0.3) is 17.3 Å². The van der Waals surface area contributed by atoms with Crippen LogP contribution in [0.15, 0.2) is 82.5 Å². The first kappa shape index (κ1) is 32.9. The van der Waals surface area contributed by atoms with Crippen LogP contribution in [0, 0.1) is 11.3 Å². The summed E-state index contributed by atoms with van der Waals surface area (Å²) in [6.07, 6.45) is 4.33. The standard InChI is InChI=1S/C35H36N4O5S2/c1-35(2,3)25-13-11-24(12-14-25)21-31-33(41)39(27-15-17-28(44-4)18-16-27)34(45-31)30(23-36)32(40)37-26-9-8-10-29(22-26)46(42,43)38-19-6-5-7-20-38/h8-18,21-22H,5-7,19-20H2,1-4H3,(H,37,40)/b31-21+,34-30-. The number of nitrogens with zero attached hydrogens (tertiary/aromatic N) is 3. The number of carbonyl (C=O) groups excluding carboxylic acids is 1. The predicted octanol–water partition coefficient (Wildman–Crippen LogP) is 4.52. The van der Waals surface area contributed by atoms with Gasteiger partial charge in [-0.3, -0.25) is 14.2 Å². The van der Waals surface area contributed by atoms with E-state index in [1.807, 2.05) is 30.3 Å². The minimum absolute atomic E-state index is 0.0308. The van der Waals surface area contributed by atoms with E-state index in [0.29, 0.717) is 29.1 Å². The molecule has 11 heteroatoms. The van der Waals surface area contributed by atoms with Gasteiger partial charge in [0.2, 0.25) is 10.0 Å². The Bertz CT molecular complexity index is 2080. The molecule has 0 bridgehead atoms. The van der Waals surface area contributed by atoms with Crippen molar-refractivity contribution in [2.24, 2.45) is 0 Å². The van der Waals surface area contributed by atoms with Gasteiger partial charge in [-0.15, -0.1) is 11.3 Å². The third kappa shape index (κ3) is 6.99. The van der Waals surface area contributed by atoms with Crippen LogP contribution in [0.1, 0.15) is 51.2 Å². The Morgan fingerprint density at radius 1 is 1.00 bits per heavy atom. The number of aromatic nitrogens is 1. The predicted molar refractivity (Wildman–Crippen MR) is 181 cm³/mol. The van der Waals surface area contributed by atoms with E-state index in [9.17, 15) is 23.3 Å². The highest BCUT2D eigenvalue weighted by molar-refractivity contribution is 7.89. The molecule has 1 amide bonds. The van der Waals surface area contributed by atoms with Gasteiger partial charge in [-0.2, -0.15) is 9.57 Å². The summed E-state index contributed by atoms with van der Waals surface area (Å²) in [6, 6.07) is 22.6. The number of anilines is 1. The van der Waals surface area contributed by atoms with E-state index in [2.05, 4.69) is 26.1 Å². The van der Waals surface area contributed by atoms with Crippen molar-refractivity contribution in [3.8, 4) is 17.5 Å². The lowest BCUT2D eigenvalue weighted by molar-refractivity contribution is -0.111. The van der Waals surface area contributed by atoms with Crippen LogP contribution in [-0.2, 0) is 20.2 Å². The fourth-order valence-corrected chi connectivity index (χ4v) is 7.89. The van der Waals surface area contributed by atoms with Gasteiger partial charge in [0, 0.05) is 18.8 Å². The first-order valence-electron chi connectivity index (χ1n) is 15.0. The number of sulfonamides is 1. The molecule has 238 valence electrons. The average molecular weight is 657 g/mol. The molecule has 1 fully saturated rings. The highest BCUT2D eigenvalue weighted by Crippen LogP contribution is 2.24. The molecule has 4 aromatic rings. The smallest absolute Gasteiger partial charge is 0.273 e. The Morgan fingerprint density at radius 3 is 2.28 bits per heavy atom. The molecule has 46 heavy (non-hydrogen) atoms. The molecule has 1 aliphatic rings. The van der Waals surface area contributed by atoms with Crippen LogP contribution < -0.4 is 24.8 Å². The topological polar surface area (TPSA) is 121 Å². The molecule has 1 aromatic heterocycles. The van der Waals surface area contributed by atoms with Crippen molar-refractivity contribution in [2.75, 3.05) is 25.5 Å². The zero-order valence-electron chi connectivity index (χ0n) is 26.2. The van der Waals surface area contributed by atoms with Gasteiger partial charge in [-0.25, -0.2) is 8.42 Å². The summed E-state index contributed by atoms with van der Waals surface area (Å²) >= 11 is 1.03. The van der Waals surface area contributed by atoms with Gasteiger partial charge < -0.3 is 10.1 Å². The first-order valence-corrected chi connectivity index (χ1v) is 17.2. The van der Waals surface area contributed by atoms with Crippen molar-refractivity contribution in [3.63, 3.8) is 0 Å². The number of thiazole rings is 1. The molecule has 5 rings (SSSR count). The number of rotatable bonds is 7. The van der Waals surface area contributed by atoms with Crippen molar-refractivity contribution < 1.29 is 17.9 Å². The summed E-state index contributed by atoms with van der Waals surface area (Å²) in [6.45, 7) is 7.27. The zero-order valence-corrected chi connectivity index (χ0v) is 27.9. The lowest BCUT2D eigenvalue weighted by Crippen LogP contribution is -2.35. The van der Waals surface area contributed by atoms with E-state index in [0.717, 1.165) is 41.7 Å². The van der Waals surface area contributed by atoms with Crippen molar-refractivity contribution >= 4 is 44.6 Å². The molecule has 2 heterocycles. The SMILES string of the molecule is COc1ccc(-n2c(=O)/c(=C\c3ccc(C(C)(C)C)cc3)s/c2=C(/C#N)C(=O)Nc2cccc(S(=O)(=O)N3CCCCC3)c2)cc1. The van der Waals surface area contributed by atoms with E-state index in [1.54, 1.807) is 42.5 Å². The minimum atomic E-state index is -3.74. The average Bonchev–Trinajstić information content (AvgIpc) is 3.36. The second-order valence-corrected chi connectivity index (χ2v) is 15.0. The molecule has 9 nitrogen and oxygen atoms in total. The fourth-order valence-electron chi connectivity index (χ4n) is 5.22. The number of benzene rings is 3. The maximum absolute atomic E-state index is 13.9. The molecule has 0 radical (unpaired) electrons. The van der Waals surface area contributed by atoms with Gasteiger partial charge in [0.1, 0.15) is 16.5 Å². The number of nitriles is 1. The molecule has 0 saturated carbocycles. The molecule has 1 saturated heterocycles. The Labute approximate surface area is 272 Å². The summed E-state index contributed by atoms with van der Waals surface area (Å²) in [4.78, 5) is 27.6. The number of methoxy groups -OCH3 is 1. The quantitative estimate of drug-likeness (QED) is 0.312. The molecule has 1 N–H and O–H groups in total. The summed E-state index contributed by atoms with van der Waals surface area (Å²) in [5.41, 5.74) is 1.92. The second-order valence-electron chi connectivity index (χ2n) is 12.1. The summed E-state index contributed by atoms with van der Waals surface area (Å²) in [7, 11) is -2.20. The van der Waals surface area contributed by atoms with E-state index in [-0.39, 0.29) is 31.8 Å². The Balaban J connectivity index is 1.59. The van der Waals surface area contributed by atoms with Crippen LogP contribution in [0.4, 0.5) is 5.69 Å². The second kappa shape index (κ2) is 13.5. The van der Waals surface area contributed by atoms with E-state index in [4.69, 9.17) is 4.74 Å². The monoisotopic (exact) mass is 656 g/mol. The van der Waals surface area contributed by atoms with Gasteiger partial charge in [0.25, 0.3) is 11.5 Å². The molecular formula is C35H36N4O5S2. The van der Waals surface area contributed by atoms with Crippen LogP contribution in [0.5, 0.6) is 5.75 Å². The normalized spacial score (nSPS) is 15.2. The van der Waals surface area contributed by atoms with Gasteiger partial charge >= 0.3 is 0 Å². The molecule has 0 unspecified atom stereocenters. The highest BCUT2D eigenvalue weighted by atomic mass is 32.2. The lowest BCUT2D eigenvalue weighted by atomic mass is 9.87. The highest BCUT2D eigenvalue weighted by Gasteiger charge is 2.26. The van der Waals surface area contributed by atoms with Crippen LogP contribution in [-0.4, -0.2) is 43.4 Å². The Hall–Kier alpha value is -4.50. The number of nitrogens with one attached hydrogen (secondary N) is 1. The molecular weight excluding hydrogens is 621 g/mol. The molecule has 0 aliphatic carbocycles. The molecule has 1 aliphatic heterocycles. The van der Waals surface area contributed by atoms with E-state index < -0.39 is 15.9 Å². The van der Waals surface area contributed by atoms with Crippen LogP contribution >= 0.6 is 11.3 Å². The molecule has 0 atom stereocenters. The third-order valence-electron chi connectivity index (χ3n) is 7.83. The lowest BCUT2D eigenvalue weighted by Gasteiger charge is -2.26. The number of ether oxygens (including phenoxy) is 1. The largest absolute Gasteiger partial charge is 0.497 e. The fraction of sp³-hybridized carbons (Fsp3) is 0.286. The summed E-state index contributed by atoms with van der Waals surface area (Å²) in [5.74, 6) is -0.180. The maximum Gasteiger partial charge on any atom is 0.273 e. The number of hydrogen-bond acceptors (Lipinski definition) is 7. The molecule has 3 aromatic carbocycles. The van der Waals surface area contributed by atoms with E-state index >= 15 is 0 Å². The molecule has 0 spiro atoms. The van der Waals surface area contributed by atoms with Crippen LogP contribution in [0.2, 0.25) is 0 Å². The summed E-state index contributed by atoms with van der Waals surface area (Å²) in [5, 5.41) is 12.9. The van der Waals surface area contributed by atoms with Gasteiger partial charge in [-0.05, 0) is 77.9 Å². The van der Waals surface area contributed by atoms with Gasteiger partial charge in [0.15, 0.2) is 5.57 Å². The van der Waals surface area contributed by atoms with Gasteiger partial charge in [0.05, 0.1) is 22.2 Å². The van der Waals surface area contributed by atoms with Crippen molar-refractivity contribution in [3.05, 3.63) is 103 Å². The van der Waals surface area contributed by atoms with Crippen LogP contribution in [0.3, 0.4) is 0 Å². The first-order chi connectivity index (χ1) is 21.9.